The summed E-state index contributed by atoms with van der Waals surface area (Å²) in [5, 5.41) is 19.0. The molecule has 2 N–H and O–H groups in total. The Morgan fingerprint density at radius 1 is 0.929 bits per heavy atom. The quantitative estimate of drug-likeness (QED) is 0.131. The van der Waals surface area contributed by atoms with Crippen LogP contribution in [0.1, 0.15) is 113 Å². The fourth-order valence-electron chi connectivity index (χ4n) is 12.9. The van der Waals surface area contributed by atoms with E-state index >= 15 is 8.78 Å². The molecule has 8 heterocycles. The number of piperidine rings is 4. The van der Waals surface area contributed by atoms with Gasteiger partial charge >= 0.3 is 6.01 Å². The first-order valence-corrected chi connectivity index (χ1v) is 25.6. The maximum absolute atomic E-state index is 17.2. The van der Waals surface area contributed by atoms with Gasteiger partial charge in [0, 0.05) is 61.8 Å². The summed E-state index contributed by atoms with van der Waals surface area (Å²) in [7, 11) is 0. The average Bonchev–Trinajstić information content (AvgIpc) is 4.11. The van der Waals surface area contributed by atoms with E-state index in [-0.39, 0.29) is 64.2 Å². The van der Waals surface area contributed by atoms with Crippen LogP contribution in [0.3, 0.4) is 0 Å². The lowest BCUT2D eigenvalue weighted by Crippen LogP contribution is -2.56. The third kappa shape index (κ3) is 8.28. The van der Waals surface area contributed by atoms with Gasteiger partial charge in [0.05, 0.1) is 30.4 Å². The number of aromatic hydroxyl groups is 1. The van der Waals surface area contributed by atoms with Crippen molar-refractivity contribution in [2.24, 2.45) is 10.8 Å². The number of benzene rings is 2. The minimum atomic E-state index is -0.748. The topological polar surface area (TPSA) is 168 Å². The molecule has 1 unspecified atom stereocenters. The van der Waals surface area contributed by atoms with E-state index in [4.69, 9.17) is 19.4 Å². The molecule has 2 amide bonds. The molecule has 0 radical (unpaired) electrons. The maximum Gasteiger partial charge on any atom is 0.319 e. The summed E-state index contributed by atoms with van der Waals surface area (Å²) < 4.78 is 46.3. The molecule has 368 valence electrons. The van der Waals surface area contributed by atoms with E-state index in [0.29, 0.717) is 64.1 Å². The Balaban J connectivity index is 0.695. The lowest BCUT2D eigenvalue weighted by atomic mass is 9.59. The first kappa shape index (κ1) is 45.5. The van der Waals surface area contributed by atoms with Crippen molar-refractivity contribution in [3.8, 4) is 23.0 Å². The number of carbonyl (C=O) groups is 2. The summed E-state index contributed by atoms with van der Waals surface area (Å²) in [6.07, 6.45) is 15.9. The van der Waals surface area contributed by atoms with Crippen molar-refractivity contribution in [3.63, 3.8) is 0 Å². The zero-order chi connectivity index (χ0) is 47.9. The number of imide groups is 1. The number of rotatable bonds is 11. The molecule has 2 atom stereocenters. The number of nitrogens with zero attached hydrogens (tertiary/aromatic N) is 8. The van der Waals surface area contributed by atoms with Crippen molar-refractivity contribution >= 4 is 39.3 Å². The molecule has 5 aliphatic heterocycles. The second-order valence-corrected chi connectivity index (χ2v) is 21.8. The maximum atomic E-state index is 17.2. The standard InChI is InChI=1S/C53H61F2N9O6/c1-2-37-40(54)5-4-33-22-36(65)24-38(44(33)37)46-45(55)47-39(28-56-46)48(63-16-3-10-53(30-63)15-21-70-53)60-50(59-47)69-31-52(11-12-52)29-61-19-13-51(14-20-61)25-35(26-51)62-17-8-32(9-18-62)34-23-43(67)64(57-27-34)41-6-7-42(66)58-49(41)68/h4-5,22-24,27-28,32,35,41,65H,2-3,6-21,25-26,29-31H2,1H3,(H,58,66,68)/t41?,53-/m0/s1. The summed E-state index contributed by atoms with van der Waals surface area (Å²) >= 11 is 0. The van der Waals surface area contributed by atoms with Gasteiger partial charge < -0.3 is 29.3 Å². The number of carbonyl (C=O) groups excluding carboxylic acids is 2. The van der Waals surface area contributed by atoms with Gasteiger partial charge in [0.2, 0.25) is 5.91 Å². The number of phenols is 1. The molecule has 2 saturated carbocycles. The molecule has 2 aliphatic carbocycles. The summed E-state index contributed by atoms with van der Waals surface area (Å²) in [5.41, 5.74) is 1.54. The Hall–Kier alpha value is -5.65. The van der Waals surface area contributed by atoms with Crippen LogP contribution in [0, 0.1) is 22.5 Å². The van der Waals surface area contributed by atoms with E-state index in [1.807, 2.05) is 6.92 Å². The van der Waals surface area contributed by atoms with Gasteiger partial charge in [-0.25, -0.2) is 13.5 Å². The predicted octanol–water partition coefficient (Wildman–Crippen LogP) is 6.97. The molecule has 17 heteroatoms. The molecule has 70 heavy (non-hydrogen) atoms. The number of phenolic OH excluding ortho intramolecular Hbond substituents is 1. The molecule has 2 spiro atoms. The molecule has 0 bridgehead atoms. The number of hydrogen-bond donors (Lipinski definition) is 2. The summed E-state index contributed by atoms with van der Waals surface area (Å²) in [6, 6.07) is 7.58. The molecule has 15 nitrogen and oxygen atoms in total. The van der Waals surface area contributed by atoms with Gasteiger partial charge in [-0.05, 0) is 155 Å². The third-order valence-corrected chi connectivity index (χ3v) is 17.4. The predicted molar refractivity (Wildman–Crippen MR) is 258 cm³/mol. The number of amides is 2. The lowest BCUT2D eigenvalue weighted by molar-refractivity contribution is -0.151. The molecule has 7 aliphatic rings. The van der Waals surface area contributed by atoms with E-state index in [2.05, 4.69) is 30.1 Å². The van der Waals surface area contributed by atoms with E-state index in [1.54, 1.807) is 30.6 Å². The number of aryl methyl sites for hydroxylation is 1. The largest absolute Gasteiger partial charge is 0.508 e. The number of hydrogen-bond acceptors (Lipinski definition) is 13. The molecule has 3 aromatic heterocycles. The van der Waals surface area contributed by atoms with Crippen LogP contribution >= 0.6 is 0 Å². The van der Waals surface area contributed by atoms with Crippen molar-refractivity contribution in [1.29, 1.82) is 0 Å². The Kier molecular flexibility index (Phi) is 11.4. The Bertz CT molecular complexity index is 2950. The monoisotopic (exact) mass is 957 g/mol. The van der Waals surface area contributed by atoms with Gasteiger partial charge in [0.15, 0.2) is 5.82 Å². The zero-order valence-electron chi connectivity index (χ0n) is 39.9. The highest BCUT2D eigenvalue weighted by atomic mass is 19.1. The second kappa shape index (κ2) is 17.6. The molecular weight excluding hydrogens is 897 g/mol. The Labute approximate surface area is 404 Å². The van der Waals surface area contributed by atoms with Crippen LogP contribution < -0.4 is 20.5 Å². The van der Waals surface area contributed by atoms with Crippen LogP contribution in [-0.2, 0) is 20.7 Å². The van der Waals surface area contributed by atoms with Crippen LogP contribution in [0.5, 0.6) is 11.8 Å². The zero-order valence-corrected chi connectivity index (χ0v) is 39.9. The number of anilines is 1. The van der Waals surface area contributed by atoms with E-state index in [1.165, 1.54) is 42.5 Å². The minimum absolute atomic E-state index is 0.0183. The molecule has 2 aromatic carbocycles. The highest BCUT2D eigenvalue weighted by molar-refractivity contribution is 6.02. The van der Waals surface area contributed by atoms with Gasteiger partial charge in [0.1, 0.15) is 34.6 Å². The molecule has 5 aromatic rings. The van der Waals surface area contributed by atoms with E-state index < -0.39 is 23.6 Å². The molecular formula is C53H61F2N9O6. The summed E-state index contributed by atoms with van der Waals surface area (Å²) in [5.74, 6) is -1.09. The van der Waals surface area contributed by atoms with Crippen LogP contribution in [0.2, 0.25) is 0 Å². The molecule has 5 saturated heterocycles. The van der Waals surface area contributed by atoms with Crippen LogP contribution in [0.4, 0.5) is 14.6 Å². The van der Waals surface area contributed by atoms with Crippen molar-refractivity contribution < 1.29 is 33.0 Å². The van der Waals surface area contributed by atoms with Crippen LogP contribution in [0.25, 0.3) is 32.9 Å². The fourth-order valence-corrected chi connectivity index (χ4v) is 12.9. The first-order valence-electron chi connectivity index (χ1n) is 25.6. The Morgan fingerprint density at radius 3 is 2.44 bits per heavy atom. The average molecular weight is 958 g/mol. The number of nitrogens with one attached hydrogen (secondary N) is 1. The first-order chi connectivity index (χ1) is 33.9. The molecule has 12 rings (SSSR count). The minimum Gasteiger partial charge on any atom is -0.508 e. The second-order valence-electron chi connectivity index (χ2n) is 21.8. The lowest BCUT2D eigenvalue weighted by Gasteiger charge is -2.56. The van der Waals surface area contributed by atoms with Crippen molar-refractivity contribution in [3.05, 3.63) is 75.8 Å². The van der Waals surface area contributed by atoms with Crippen molar-refractivity contribution in [2.75, 3.05) is 63.9 Å². The van der Waals surface area contributed by atoms with Gasteiger partial charge in [0.25, 0.3) is 11.5 Å². The third-order valence-electron chi connectivity index (χ3n) is 17.4. The normalized spacial score (nSPS) is 25.1. The SMILES string of the molecule is CCc1c(F)ccc2cc(O)cc(-c3ncc4c(N5CCC[C@]6(CCO6)C5)nc(OCC5(CN6CCC7(CC6)CC(N6CCC(c8cnn(C9CCC(=O)NC9=O)c(=O)c8)CC6)C7)CC5)nc4c3F)c12. The number of likely N-dealkylation sites (tertiary alicyclic amines) is 2. The van der Waals surface area contributed by atoms with Crippen molar-refractivity contribution in [2.45, 2.75) is 120 Å². The van der Waals surface area contributed by atoms with Gasteiger partial charge in [-0.1, -0.05) is 13.0 Å². The number of aromatic nitrogens is 5. The molecule has 7 fully saturated rings. The highest BCUT2D eigenvalue weighted by Crippen LogP contribution is 2.53. The van der Waals surface area contributed by atoms with Gasteiger partial charge in [-0.15, -0.1) is 0 Å². The fraction of sp³-hybridized carbons (Fsp3) is 0.566. The van der Waals surface area contributed by atoms with Gasteiger partial charge in [-0.3, -0.25) is 24.7 Å². The van der Waals surface area contributed by atoms with Crippen LogP contribution in [-0.4, -0.2) is 122 Å². The van der Waals surface area contributed by atoms with Crippen molar-refractivity contribution in [1.82, 2.24) is 39.8 Å². The van der Waals surface area contributed by atoms with Gasteiger partial charge in [-0.2, -0.15) is 15.1 Å². The van der Waals surface area contributed by atoms with E-state index in [0.717, 1.165) is 96.4 Å². The summed E-state index contributed by atoms with van der Waals surface area (Å²) in [6.45, 7) is 9.39. The van der Waals surface area contributed by atoms with Crippen LogP contribution in [0.15, 0.2) is 47.5 Å². The number of pyridine rings is 1. The Morgan fingerprint density at radius 2 is 1.73 bits per heavy atom. The highest BCUT2D eigenvalue weighted by Gasteiger charge is 2.51. The number of ether oxygens (including phenoxy) is 2. The number of halogens is 2. The smallest absolute Gasteiger partial charge is 0.319 e. The van der Waals surface area contributed by atoms with E-state index in [9.17, 15) is 19.5 Å². The number of fused-ring (bicyclic) bond motifs is 2. The summed E-state index contributed by atoms with van der Waals surface area (Å²) in [4.78, 5) is 58.8.